The molecule has 0 radical (unpaired) electrons. The van der Waals surface area contributed by atoms with Crippen molar-refractivity contribution in [3.05, 3.63) is 0 Å². The maximum absolute atomic E-state index is 12.1. The molecule has 1 fully saturated rings. The van der Waals surface area contributed by atoms with E-state index in [0.717, 1.165) is 12.8 Å². The number of aliphatic hydroxyl groups is 1. The summed E-state index contributed by atoms with van der Waals surface area (Å²) in [5, 5.41) is 10.1. The van der Waals surface area contributed by atoms with Crippen LogP contribution >= 0.6 is 0 Å². The van der Waals surface area contributed by atoms with Crippen LogP contribution in [0.25, 0.3) is 0 Å². The molecule has 15 heavy (non-hydrogen) atoms. The van der Waals surface area contributed by atoms with Crippen molar-refractivity contribution in [2.24, 2.45) is 11.8 Å². The summed E-state index contributed by atoms with van der Waals surface area (Å²) in [6.45, 7) is 3.94. The van der Waals surface area contributed by atoms with Crippen LogP contribution in [-0.2, 0) is 0 Å². The molecule has 0 aromatic heterocycles. The monoisotopic (exact) mass is 224 g/mol. The summed E-state index contributed by atoms with van der Waals surface area (Å²) in [7, 11) is 0. The van der Waals surface area contributed by atoms with Gasteiger partial charge in [0.15, 0.2) is 0 Å². The van der Waals surface area contributed by atoms with Crippen molar-refractivity contribution in [3.8, 4) is 0 Å². The highest BCUT2D eigenvalue weighted by Gasteiger charge is 2.41. The smallest absolute Gasteiger partial charge is 0.389 e. The number of rotatable bonds is 2. The van der Waals surface area contributed by atoms with Gasteiger partial charge in [-0.15, -0.1) is 0 Å². The fourth-order valence-electron chi connectivity index (χ4n) is 2.41. The fourth-order valence-corrected chi connectivity index (χ4v) is 2.41. The number of alkyl halides is 3. The van der Waals surface area contributed by atoms with Crippen molar-refractivity contribution >= 4 is 0 Å². The third kappa shape index (κ3) is 3.67. The molecule has 3 atom stereocenters. The SMILES string of the molecule is CC1CCC(O)(CCC(F)(F)F)C(C)C1. The van der Waals surface area contributed by atoms with Crippen LogP contribution in [0.15, 0.2) is 0 Å². The molecule has 0 saturated heterocycles. The molecule has 1 N–H and O–H groups in total. The lowest BCUT2D eigenvalue weighted by Gasteiger charge is -2.41. The summed E-state index contributed by atoms with van der Waals surface area (Å²) in [5.74, 6) is 0.495. The maximum Gasteiger partial charge on any atom is 0.389 e. The lowest BCUT2D eigenvalue weighted by Crippen LogP contribution is -2.42. The molecule has 1 aliphatic rings. The molecular weight excluding hydrogens is 205 g/mol. The van der Waals surface area contributed by atoms with Gasteiger partial charge >= 0.3 is 6.18 Å². The van der Waals surface area contributed by atoms with Crippen molar-refractivity contribution in [2.75, 3.05) is 0 Å². The molecule has 0 aromatic rings. The topological polar surface area (TPSA) is 20.2 Å². The zero-order valence-corrected chi connectivity index (χ0v) is 9.27. The van der Waals surface area contributed by atoms with Crippen molar-refractivity contribution in [1.82, 2.24) is 0 Å². The second-order valence-electron chi connectivity index (χ2n) is 5.00. The minimum atomic E-state index is -4.15. The van der Waals surface area contributed by atoms with Gasteiger partial charge in [-0.25, -0.2) is 0 Å². The van der Waals surface area contributed by atoms with E-state index >= 15 is 0 Å². The van der Waals surface area contributed by atoms with Crippen molar-refractivity contribution in [1.29, 1.82) is 0 Å². The minimum Gasteiger partial charge on any atom is -0.390 e. The highest BCUT2D eigenvalue weighted by Crippen LogP contribution is 2.41. The third-order valence-electron chi connectivity index (χ3n) is 3.58. The Bertz CT molecular complexity index is 214. The molecule has 1 nitrogen and oxygen atoms in total. The van der Waals surface area contributed by atoms with Gasteiger partial charge in [0.25, 0.3) is 0 Å². The maximum atomic E-state index is 12.1. The Labute approximate surface area is 88.7 Å². The van der Waals surface area contributed by atoms with E-state index in [1.807, 2.05) is 6.92 Å². The molecule has 0 amide bonds. The van der Waals surface area contributed by atoms with Crippen molar-refractivity contribution < 1.29 is 18.3 Å². The minimum absolute atomic E-state index is 0.0244. The molecule has 4 heteroatoms. The zero-order valence-electron chi connectivity index (χ0n) is 9.27. The highest BCUT2D eigenvalue weighted by molar-refractivity contribution is 4.90. The van der Waals surface area contributed by atoms with Gasteiger partial charge in [-0.05, 0) is 37.5 Å². The largest absolute Gasteiger partial charge is 0.390 e. The molecule has 1 saturated carbocycles. The van der Waals surface area contributed by atoms with Crippen LogP contribution in [0.2, 0.25) is 0 Å². The quantitative estimate of drug-likeness (QED) is 0.761. The van der Waals surface area contributed by atoms with E-state index in [9.17, 15) is 18.3 Å². The number of hydrogen-bond acceptors (Lipinski definition) is 1. The lowest BCUT2D eigenvalue weighted by molar-refractivity contribution is -0.156. The Morgan fingerprint density at radius 1 is 1.33 bits per heavy atom. The van der Waals surface area contributed by atoms with Gasteiger partial charge in [-0.2, -0.15) is 13.2 Å². The predicted octanol–water partition coefficient (Wildman–Crippen LogP) is 3.52. The molecule has 1 aliphatic carbocycles. The van der Waals surface area contributed by atoms with E-state index < -0.39 is 18.2 Å². The first-order valence-corrected chi connectivity index (χ1v) is 5.52. The Hall–Kier alpha value is -0.250. The van der Waals surface area contributed by atoms with E-state index in [-0.39, 0.29) is 12.3 Å². The molecule has 0 aromatic carbocycles. The molecular formula is C11H19F3O. The summed E-state index contributed by atoms with van der Waals surface area (Å²) in [4.78, 5) is 0. The molecule has 90 valence electrons. The van der Waals surface area contributed by atoms with Crippen LogP contribution in [-0.4, -0.2) is 16.9 Å². The van der Waals surface area contributed by atoms with Gasteiger partial charge in [0.05, 0.1) is 5.60 Å². The summed E-state index contributed by atoms with van der Waals surface area (Å²) in [6.07, 6.45) is -3.01. The van der Waals surface area contributed by atoms with Crippen LogP contribution in [0.4, 0.5) is 13.2 Å². The molecule has 1 rings (SSSR count). The lowest BCUT2D eigenvalue weighted by atomic mass is 9.70. The van der Waals surface area contributed by atoms with E-state index in [1.54, 1.807) is 0 Å². The first-order valence-electron chi connectivity index (χ1n) is 5.52. The molecule has 0 aliphatic heterocycles. The van der Waals surface area contributed by atoms with E-state index in [0.29, 0.717) is 12.3 Å². The van der Waals surface area contributed by atoms with Gasteiger partial charge in [0, 0.05) is 6.42 Å². The number of halogens is 3. The fraction of sp³-hybridized carbons (Fsp3) is 1.00. The summed E-state index contributed by atoms with van der Waals surface area (Å²) in [6, 6.07) is 0. The Morgan fingerprint density at radius 3 is 2.40 bits per heavy atom. The van der Waals surface area contributed by atoms with Crippen molar-refractivity contribution in [3.63, 3.8) is 0 Å². The van der Waals surface area contributed by atoms with Gasteiger partial charge in [-0.1, -0.05) is 13.8 Å². The molecule has 0 heterocycles. The normalized spacial score (nSPS) is 38.0. The first kappa shape index (κ1) is 12.8. The summed E-state index contributed by atoms with van der Waals surface area (Å²) >= 11 is 0. The summed E-state index contributed by atoms with van der Waals surface area (Å²) < 4.78 is 36.2. The molecule has 0 bridgehead atoms. The van der Waals surface area contributed by atoms with Crippen LogP contribution < -0.4 is 0 Å². The Kier molecular flexibility index (Phi) is 3.69. The Balaban J connectivity index is 2.51. The standard InChI is InChI=1S/C11H19F3O/c1-8-3-4-10(15,9(2)7-8)5-6-11(12,13)14/h8-9,15H,3-7H2,1-2H3. The van der Waals surface area contributed by atoms with Gasteiger partial charge in [0.1, 0.15) is 0 Å². The van der Waals surface area contributed by atoms with Gasteiger partial charge < -0.3 is 5.11 Å². The van der Waals surface area contributed by atoms with Crippen LogP contribution in [0.5, 0.6) is 0 Å². The second kappa shape index (κ2) is 4.32. The average molecular weight is 224 g/mol. The Morgan fingerprint density at radius 2 is 1.93 bits per heavy atom. The van der Waals surface area contributed by atoms with E-state index in [4.69, 9.17) is 0 Å². The first-order chi connectivity index (χ1) is 6.73. The second-order valence-corrected chi connectivity index (χ2v) is 5.00. The molecule has 3 unspecified atom stereocenters. The van der Waals surface area contributed by atoms with Gasteiger partial charge in [-0.3, -0.25) is 0 Å². The van der Waals surface area contributed by atoms with Gasteiger partial charge in [0.2, 0.25) is 0 Å². The average Bonchev–Trinajstić information content (AvgIpc) is 2.08. The highest BCUT2D eigenvalue weighted by atomic mass is 19.4. The summed E-state index contributed by atoms with van der Waals surface area (Å²) in [5.41, 5.74) is -1.10. The van der Waals surface area contributed by atoms with E-state index in [2.05, 4.69) is 6.92 Å². The predicted molar refractivity (Wildman–Crippen MR) is 52.4 cm³/mol. The molecule has 0 spiro atoms. The zero-order chi connectivity index (χ0) is 11.7. The van der Waals surface area contributed by atoms with Crippen molar-refractivity contribution in [2.45, 2.75) is 57.7 Å². The van der Waals surface area contributed by atoms with E-state index in [1.165, 1.54) is 0 Å². The van der Waals surface area contributed by atoms with Crippen LogP contribution in [0.3, 0.4) is 0 Å². The third-order valence-corrected chi connectivity index (χ3v) is 3.58. The van der Waals surface area contributed by atoms with Crippen LogP contribution in [0.1, 0.15) is 46.0 Å². The number of hydrogen-bond donors (Lipinski definition) is 1. The van der Waals surface area contributed by atoms with Crippen LogP contribution in [0, 0.1) is 11.8 Å².